The highest BCUT2D eigenvalue weighted by atomic mass is 19.1. The number of hydrogen-bond donors (Lipinski definition) is 1. The molecule has 0 saturated carbocycles. The second-order valence-electron chi connectivity index (χ2n) is 10.1. The Hall–Kier alpha value is -4.21. The van der Waals surface area contributed by atoms with Gasteiger partial charge in [-0.2, -0.15) is 0 Å². The number of carbonyl (C=O) groups is 4. The number of fused-ring (bicyclic) bond motifs is 1. The molecule has 39 heavy (non-hydrogen) atoms. The summed E-state index contributed by atoms with van der Waals surface area (Å²) in [6.07, 6.45) is 3.80. The first-order valence-corrected chi connectivity index (χ1v) is 13.0. The minimum absolute atomic E-state index is 0.00528. The number of halogens is 1. The molecule has 2 heterocycles. The highest BCUT2D eigenvalue weighted by Crippen LogP contribution is 2.26. The van der Waals surface area contributed by atoms with Crippen LogP contribution in [0.15, 0.2) is 48.7 Å². The fourth-order valence-electron chi connectivity index (χ4n) is 5.08. The highest BCUT2D eigenvalue weighted by molar-refractivity contribution is 6.19. The van der Waals surface area contributed by atoms with Gasteiger partial charge in [-0.05, 0) is 55.0 Å². The molecule has 4 rings (SSSR count). The van der Waals surface area contributed by atoms with Crippen LogP contribution in [-0.2, 0) is 20.8 Å². The number of likely N-dealkylation sites (N-methyl/N-ethyl adjacent to an activating group) is 1. The predicted molar refractivity (Wildman–Crippen MR) is 146 cm³/mol. The standard InChI is InChI=1S/C29H34FN5O4/c1-20-23(8-6-9-25(20)30)24(28(38)32(2)3)17-33(19-36)18-27(37)34-14-12-22(13-15-34)35-16-11-21-7-4-5-10-26(21)31-29(35)39/h4-10,17,19,22H,11-16,18H2,1-3H3,(H,31,39)/b24-17-. The van der Waals surface area contributed by atoms with Crippen molar-refractivity contribution in [1.82, 2.24) is 19.6 Å². The number of anilines is 1. The summed E-state index contributed by atoms with van der Waals surface area (Å²) in [4.78, 5) is 56.8. The number of urea groups is 1. The summed E-state index contributed by atoms with van der Waals surface area (Å²) >= 11 is 0. The summed E-state index contributed by atoms with van der Waals surface area (Å²) in [5, 5.41) is 2.99. The molecule has 0 radical (unpaired) electrons. The Labute approximate surface area is 227 Å². The van der Waals surface area contributed by atoms with Gasteiger partial charge in [0.05, 0.1) is 5.57 Å². The first-order valence-electron chi connectivity index (χ1n) is 13.0. The maximum atomic E-state index is 14.2. The second-order valence-corrected chi connectivity index (χ2v) is 10.1. The Morgan fingerprint density at radius 3 is 2.49 bits per heavy atom. The van der Waals surface area contributed by atoms with Gasteiger partial charge < -0.3 is 24.9 Å². The lowest BCUT2D eigenvalue weighted by atomic mass is 9.99. The third kappa shape index (κ3) is 6.27. The van der Waals surface area contributed by atoms with E-state index in [0.717, 1.165) is 22.6 Å². The van der Waals surface area contributed by atoms with Gasteiger partial charge in [0.2, 0.25) is 12.3 Å². The lowest BCUT2D eigenvalue weighted by Crippen LogP contribution is -2.51. The maximum absolute atomic E-state index is 14.2. The van der Waals surface area contributed by atoms with Crippen molar-refractivity contribution in [2.75, 3.05) is 45.6 Å². The molecule has 0 aromatic heterocycles. The minimum Gasteiger partial charge on any atom is -0.345 e. The Balaban J connectivity index is 1.41. The zero-order valence-corrected chi connectivity index (χ0v) is 22.5. The van der Waals surface area contributed by atoms with Gasteiger partial charge in [0.15, 0.2) is 0 Å². The first kappa shape index (κ1) is 27.8. The smallest absolute Gasteiger partial charge is 0.322 e. The molecule has 2 aliphatic heterocycles. The fraction of sp³-hybridized carbons (Fsp3) is 0.379. The number of para-hydroxylation sites is 1. The SMILES string of the molecule is Cc1c(F)cccc1/C(=C/N(C=O)CC(=O)N1CCC(N2CCc3ccccc3NC2=O)CC1)C(=O)N(C)C. The molecule has 10 heteroatoms. The molecule has 206 valence electrons. The monoisotopic (exact) mass is 535 g/mol. The van der Waals surface area contributed by atoms with Gasteiger partial charge >= 0.3 is 6.03 Å². The van der Waals surface area contributed by atoms with E-state index >= 15 is 0 Å². The topological polar surface area (TPSA) is 93.3 Å². The second kappa shape index (κ2) is 12.1. The molecule has 0 unspecified atom stereocenters. The third-order valence-electron chi connectivity index (χ3n) is 7.34. The van der Waals surface area contributed by atoms with Crippen molar-refractivity contribution in [3.05, 3.63) is 71.2 Å². The molecule has 0 atom stereocenters. The minimum atomic E-state index is -0.469. The molecule has 0 bridgehead atoms. The van der Waals surface area contributed by atoms with E-state index in [1.165, 1.54) is 23.2 Å². The summed E-state index contributed by atoms with van der Waals surface area (Å²) in [5.74, 6) is -1.15. The fourth-order valence-corrected chi connectivity index (χ4v) is 5.08. The molecule has 1 N–H and O–H groups in total. The van der Waals surface area contributed by atoms with Crippen LogP contribution in [0.4, 0.5) is 14.9 Å². The van der Waals surface area contributed by atoms with E-state index < -0.39 is 11.7 Å². The number of carbonyl (C=O) groups excluding carboxylic acids is 4. The lowest BCUT2D eigenvalue weighted by Gasteiger charge is -2.38. The lowest BCUT2D eigenvalue weighted by molar-refractivity contribution is -0.135. The summed E-state index contributed by atoms with van der Waals surface area (Å²) in [7, 11) is 3.13. The van der Waals surface area contributed by atoms with Crippen LogP contribution in [0.1, 0.15) is 29.5 Å². The van der Waals surface area contributed by atoms with Crippen molar-refractivity contribution < 1.29 is 23.6 Å². The first-order chi connectivity index (χ1) is 18.7. The largest absolute Gasteiger partial charge is 0.345 e. The highest BCUT2D eigenvalue weighted by Gasteiger charge is 2.31. The van der Waals surface area contributed by atoms with Crippen LogP contribution in [0, 0.1) is 12.7 Å². The van der Waals surface area contributed by atoms with Crippen molar-refractivity contribution in [3.63, 3.8) is 0 Å². The number of piperidine rings is 1. The Morgan fingerprint density at radius 1 is 1.08 bits per heavy atom. The van der Waals surface area contributed by atoms with Crippen molar-refractivity contribution in [2.24, 2.45) is 0 Å². The number of hydrogen-bond acceptors (Lipinski definition) is 4. The van der Waals surface area contributed by atoms with Gasteiger partial charge in [0.25, 0.3) is 5.91 Å². The average Bonchev–Trinajstić information content (AvgIpc) is 3.10. The van der Waals surface area contributed by atoms with Crippen LogP contribution in [0.2, 0.25) is 0 Å². The van der Waals surface area contributed by atoms with E-state index in [1.54, 1.807) is 32.0 Å². The average molecular weight is 536 g/mol. The van der Waals surface area contributed by atoms with E-state index in [0.29, 0.717) is 44.4 Å². The van der Waals surface area contributed by atoms with Crippen molar-refractivity contribution in [2.45, 2.75) is 32.2 Å². The zero-order valence-electron chi connectivity index (χ0n) is 22.5. The molecular formula is C29H34FN5O4. The summed E-state index contributed by atoms with van der Waals surface area (Å²) < 4.78 is 14.2. The molecule has 2 aromatic rings. The Kier molecular flexibility index (Phi) is 8.63. The number of rotatable bonds is 7. The molecule has 1 saturated heterocycles. The van der Waals surface area contributed by atoms with Gasteiger partial charge in [-0.1, -0.05) is 30.3 Å². The summed E-state index contributed by atoms with van der Waals surface area (Å²) in [6, 6.07) is 12.1. The number of amides is 5. The summed E-state index contributed by atoms with van der Waals surface area (Å²) in [6.45, 7) is 2.80. The van der Waals surface area contributed by atoms with Crippen molar-refractivity contribution in [1.29, 1.82) is 0 Å². The van der Waals surface area contributed by atoms with E-state index in [1.807, 2.05) is 29.2 Å². The number of nitrogens with zero attached hydrogens (tertiary/aromatic N) is 4. The van der Waals surface area contributed by atoms with Crippen LogP contribution >= 0.6 is 0 Å². The van der Waals surface area contributed by atoms with E-state index in [9.17, 15) is 23.6 Å². The van der Waals surface area contributed by atoms with Crippen molar-refractivity contribution in [3.8, 4) is 0 Å². The molecule has 2 aromatic carbocycles. The van der Waals surface area contributed by atoms with Gasteiger partial charge in [-0.15, -0.1) is 0 Å². The van der Waals surface area contributed by atoms with Crippen LogP contribution in [0.5, 0.6) is 0 Å². The van der Waals surface area contributed by atoms with E-state index in [2.05, 4.69) is 5.32 Å². The molecule has 0 spiro atoms. The third-order valence-corrected chi connectivity index (χ3v) is 7.34. The molecule has 2 aliphatic rings. The van der Waals surface area contributed by atoms with Crippen molar-refractivity contribution >= 4 is 35.5 Å². The molecule has 9 nitrogen and oxygen atoms in total. The number of nitrogens with one attached hydrogen (secondary N) is 1. The molecule has 0 aliphatic carbocycles. The quantitative estimate of drug-likeness (QED) is 0.436. The van der Waals surface area contributed by atoms with E-state index in [4.69, 9.17) is 0 Å². The van der Waals surface area contributed by atoms with Gasteiger partial charge in [-0.3, -0.25) is 14.4 Å². The maximum Gasteiger partial charge on any atom is 0.322 e. The van der Waals surface area contributed by atoms with Gasteiger partial charge in [-0.25, -0.2) is 9.18 Å². The zero-order chi connectivity index (χ0) is 28.1. The molecule has 5 amide bonds. The van der Waals surface area contributed by atoms with E-state index in [-0.39, 0.29) is 35.7 Å². The Bertz CT molecular complexity index is 1290. The van der Waals surface area contributed by atoms with Crippen LogP contribution in [-0.4, -0.2) is 90.2 Å². The summed E-state index contributed by atoms with van der Waals surface area (Å²) in [5.41, 5.74) is 2.68. The van der Waals surface area contributed by atoms with Crippen LogP contribution in [0.3, 0.4) is 0 Å². The molecular weight excluding hydrogens is 501 g/mol. The number of benzene rings is 2. The normalized spacial score (nSPS) is 16.2. The molecule has 1 fully saturated rings. The van der Waals surface area contributed by atoms with Gasteiger partial charge in [0.1, 0.15) is 12.4 Å². The number of likely N-dealkylation sites (tertiary alicyclic amines) is 1. The predicted octanol–water partition coefficient (Wildman–Crippen LogP) is 3.10. The van der Waals surface area contributed by atoms with Gasteiger partial charge in [0, 0.05) is 51.7 Å². The van der Waals surface area contributed by atoms with Crippen LogP contribution < -0.4 is 5.32 Å². The van der Waals surface area contributed by atoms with Crippen LogP contribution in [0.25, 0.3) is 5.57 Å². The Morgan fingerprint density at radius 2 is 1.79 bits per heavy atom.